The highest BCUT2D eigenvalue weighted by Crippen LogP contribution is 2.32. The van der Waals surface area contributed by atoms with Crippen LogP contribution in [-0.2, 0) is 13.0 Å². The number of nitro benzene ring substituents is 1. The Kier molecular flexibility index (Phi) is 7.71. The fourth-order valence-electron chi connectivity index (χ4n) is 3.31. The number of halogens is 2. The number of thiazole rings is 1. The topological polar surface area (TPSA) is 86.7 Å². The van der Waals surface area contributed by atoms with E-state index in [1.165, 1.54) is 36.6 Å². The van der Waals surface area contributed by atoms with Crippen molar-refractivity contribution in [3.8, 4) is 17.0 Å². The van der Waals surface area contributed by atoms with Gasteiger partial charge in [-0.15, -0.1) is 11.3 Å². The average Bonchev–Trinajstić information content (AvgIpc) is 3.11. The summed E-state index contributed by atoms with van der Waals surface area (Å²) >= 11 is 13.8. The van der Waals surface area contributed by atoms with Crippen molar-refractivity contribution >= 4 is 46.1 Å². The Labute approximate surface area is 199 Å². The second-order valence-corrected chi connectivity index (χ2v) is 8.72. The fraction of sp³-hybridized carbons (Fsp3) is 0.273. The summed E-state index contributed by atoms with van der Waals surface area (Å²) in [6, 6.07) is 9.48. The number of benzene rings is 2. The van der Waals surface area contributed by atoms with E-state index >= 15 is 0 Å². The van der Waals surface area contributed by atoms with E-state index in [1.807, 2.05) is 17.6 Å². The lowest BCUT2D eigenvalue weighted by Crippen LogP contribution is -2.17. The Hall–Kier alpha value is -2.68. The molecule has 3 rings (SSSR count). The third-order valence-corrected chi connectivity index (χ3v) is 6.66. The first-order valence-electron chi connectivity index (χ1n) is 9.90. The van der Waals surface area contributed by atoms with Crippen molar-refractivity contribution in [1.82, 2.24) is 4.57 Å². The number of ether oxygens (including phenoxy) is 1. The van der Waals surface area contributed by atoms with Crippen LogP contribution in [0.15, 0.2) is 41.4 Å². The molecule has 1 heterocycles. The minimum atomic E-state index is -0.589. The molecule has 7 nitrogen and oxygen atoms in total. The molecule has 0 spiro atoms. The minimum Gasteiger partial charge on any atom is -0.490 e. The van der Waals surface area contributed by atoms with Crippen LogP contribution >= 0.6 is 34.5 Å². The summed E-state index contributed by atoms with van der Waals surface area (Å²) in [5, 5.41) is 12.2. The number of aromatic nitrogens is 1. The lowest BCUT2D eigenvalue weighted by Gasteiger charge is -2.10. The fourth-order valence-corrected chi connectivity index (χ4v) is 4.92. The first-order valence-corrected chi connectivity index (χ1v) is 11.5. The smallest absolute Gasteiger partial charge is 0.311 e. The minimum absolute atomic E-state index is 0.0819. The number of carbonyl (C=O) groups is 1. The molecule has 0 saturated heterocycles. The number of nitrogens with zero attached hydrogens (tertiary/aromatic N) is 3. The lowest BCUT2D eigenvalue weighted by molar-refractivity contribution is -0.385. The molecule has 0 aliphatic heterocycles. The molecule has 0 aliphatic carbocycles. The van der Waals surface area contributed by atoms with Crippen molar-refractivity contribution in [2.75, 3.05) is 7.11 Å². The standard InChI is InChI=1S/C22H21Cl2N3O4S/c1-4-6-19-20(13-7-9-15(23)16(24)11-13)26(5-2)22(32-19)25-21(28)14-8-10-18(31-3)17(12-14)27(29)30/h7-12H,4-6H2,1-3H3. The van der Waals surface area contributed by atoms with Gasteiger partial charge in [-0.1, -0.05) is 42.6 Å². The van der Waals surface area contributed by atoms with Crippen LogP contribution in [0.2, 0.25) is 10.0 Å². The highest BCUT2D eigenvalue weighted by Gasteiger charge is 2.20. The summed E-state index contributed by atoms with van der Waals surface area (Å²) in [5.74, 6) is -0.485. The molecule has 0 saturated carbocycles. The van der Waals surface area contributed by atoms with Crippen molar-refractivity contribution < 1.29 is 14.5 Å². The van der Waals surface area contributed by atoms with Crippen LogP contribution in [0.3, 0.4) is 0 Å². The molecule has 0 atom stereocenters. The first-order chi connectivity index (χ1) is 15.3. The van der Waals surface area contributed by atoms with E-state index in [1.54, 1.807) is 12.1 Å². The van der Waals surface area contributed by atoms with Crippen LogP contribution in [0.5, 0.6) is 5.75 Å². The van der Waals surface area contributed by atoms with Crippen LogP contribution in [0.1, 0.15) is 35.5 Å². The van der Waals surface area contributed by atoms with Crippen molar-refractivity contribution in [3.63, 3.8) is 0 Å². The maximum atomic E-state index is 12.9. The van der Waals surface area contributed by atoms with Gasteiger partial charge in [-0.2, -0.15) is 4.99 Å². The molecule has 1 amide bonds. The van der Waals surface area contributed by atoms with Gasteiger partial charge in [0, 0.05) is 28.6 Å². The average molecular weight is 494 g/mol. The molecular formula is C22H21Cl2N3O4S. The molecule has 1 aromatic heterocycles. The maximum absolute atomic E-state index is 12.9. The number of rotatable bonds is 7. The SMILES string of the molecule is CCCc1sc(=NC(=O)c2ccc(OC)c([N+](=O)[O-])c2)n(CC)c1-c1ccc(Cl)c(Cl)c1. The largest absolute Gasteiger partial charge is 0.490 e. The number of amides is 1. The lowest BCUT2D eigenvalue weighted by atomic mass is 10.1. The van der Waals surface area contributed by atoms with Crippen LogP contribution in [0.4, 0.5) is 5.69 Å². The highest BCUT2D eigenvalue weighted by molar-refractivity contribution is 7.09. The van der Waals surface area contributed by atoms with Crippen LogP contribution in [0, 0.1) is 10.1 Å². The van der Waals surface area contributed by atoms with Gasteiger partial charge in [0.1, 0.15) is 0 Å². The van der Waals surface area contributed by atoms with E-state index in [-0.39, 0.29) is 17.0 Å². The van der Waals surface area contributed by atoms with Gasteiger partial charge in [0.2, 0.25) is 0 Å². The molecule has 0 bridgehead atoms. The normalized spacial score (nSPS) is 11.6. The molecular weight excluding hydrogens is 473 g/mol. The van der Waals surface area contributed by atoms with E-state index in [0.717, 1.165) is 29.0 Å². The Balaban J connectivity index is 2.15. The van der Waals surface area contributed by atoms with E-state index in [4.69, 9.17) is 27.9 Å². The van der Waals surface area contributed by atoms with Crippen molar-refractivity contribution in [3.05, 3.63) is 71.8 Å². The Morgan fingerprint density at radius 3 is 2.53 bits per heavy atom. The molecule has 0 N–H and O–H groups in total. The second kappa shape index (κ2) is 10.3. The van der Waals surface area contributed by atoms with Crippen LogP contribution < -0.4 is 9.54 Å². The molecule has 168 valence electrons. The van der Waals surface area contributed by atoms with E-state index < -0.39 is 10.8 Å². The number of nitro groups is 1. The van der Waals surface area contributed by atoms with Crippen molar-refractivity contribution in [2.45, 2.75) is 33.2 Å². The van der Waals surface area contributed by atoms with Gasteiger partial charge >= 0.3 is 5.69 Å². The quantitative estimate of drug-likeness (QED) is 0.291. The van der Waals surface area contributed by atoms with E-state index in [0.29, 0.717) is 21.4 Å². The monoisotopic (exact) mass is 493 g/mol. The van der Waals surface area contributed by atoms with Gasteiger partial charge in [-0.05, 0) is 37.6 Å². The second-order valence-electron chi connectivity index (χ2n) is 6.84. The Morgan fingerprint density at radius 1 is 1.19 bits per heavy atom. The third kappa shape index (κ3) is 4.87. The Morgan fingerprint density at radius 2 is 1.94 bits per heavy atom. The molecule has 32 heavy (non-hydrogen) atoms. The number of hydrogen-bond acceptors (Lipinski definition) is 5. The number of carbonyl (C=O) groups excluding carboxylic acids is 1. The predicted molar refractivity (Wildman–Crippen MR) is 127 cm³/mol. The zero-order valence-electron chi connectivity index (χ0n) is 17.7. The number of aryl methyl sites for hydroxylation is 1. The predicted octanol–water partition coefficient (Wildman–Crippen LogP) is 6.15. The van der Waals surface area contributed by atoms with E-state index in [9.17, 15) is 14.9 Å². The van der Waals surface area contributed by atoms with Crippen LogP contribution in [-0.4, -0.2) is 22.5 Å². The maximum Gasteiger partial charge on any atom is 0.311 e. The molecule has 0 fully saturated rings. The first kappa shape index (κ1) is 24.0. The zero-order valence-corrected chi connectivity index (χ0v) is 20.1. The van der Waals surface area contributed by atoms with Gasteiger partial charge < -0.3 is 9.30 Å². The summed E-state index contributed by atoms with van der Waals surface area (Å²) < 4.78 is 6.95. The molecule has 0 unspecified atom stereocenters. The van der Waals surface area contributed by atoms with Gasteiger partial charge in [-0.3, -0.25) is 14.9 Å². The summed E-state index contributed by atoms with van der Waals surface area (Å²) in [6.07, 6.45) is 1.72. The van der Waals surface area contributed by atoms with Gasteiger partial charge in [0.05, 0.1) is 27.8 Å². The summed E-state index contributed by atoms with van der Waals surface area (Å²) in [4.78, 5) is 29.5. The van der Waals surface area contributed by atoms with E-state index in [2.05, 4.69) is 11.9 Å². The summed E-state index contributed by atoms with van der Waals surface area (Å²) in [7, 11) is 1.34. The highest BCUT2D eigenvalue weighted by atomic mass is 35.5. The molecule has 3 aromatic rings. The Bertz CT molecular complexity index is 1250. The molecule has 10 heteroatoms. The molecule has 2 aromatic carbocycles. The summed E-state index contributed by atoms with van der Waals surface area (Å²) in [6.45, 7) is 4.61. The zero-order chi connectivity index (χ0) is 23.4. The van der Waals surface area contributed by atoms with Crippen molar-refractivity contribution in [1.29, 1.82) is 0 Å². The van der Waals surface area contributed by atoms with Gasteiger partial charge in [-0.25, -0.2) is 0 Å². The third-order valence-electron chi connectivity index (χ3n) is 4.79. The molecule has 0 aliphatic rings. The number of hydrogen-bond donors (Lipinski definition) is 0. The van der Waals surface area contributed by atoms with Crippen LogP contribution in [0.25, 0.3) is 11.3 Å². The van der Waals surface area contributed by atoms with Gasteiger partial charge in [0.15, 0.2) is 10.6 Å². The van der Waals surface area contributed by atoms with Crippen molar-refractivity contribution in [2.24, 2.45) is 4.99 Å². The summed E-state index contributed by atoms with van der Waals surface area (Å²) in [5.41, 5.74) is 1.65. The van der Waals surface area contributed by atoms with Gasteiger partial charge in [0.25, 0.3) is 5.91 Å². The number of methoxy groups -OCH3 is 1. The molecule has 0 radical (unpaired) electrons.